The monoisotopic (exact) mass is 214 g/mol. The van der Waals surface area contributed by atoms with Crippen LogP contribution in [0, 0.1) is 0 Å². The van der Waals surface area contributed by atoms with E-state index in [2.05, 4.69) is 0 Å². The zero-order valence-corrected chi connectivity index (χ0v) is 8.60. The van der Waals surface area contributed by atoms with Crippen molar-refractivity contribution in [3.63, 3.8) is 0 Å². The molecule has 0 aromatic heterocycles. The molecule has 0 aromatic rings. The fourth-order valence-corrected chi connectivity index (χ4v) is 1.62. The molecule has 0 amide bonds. The minimum Gasteiger partial charge on any atom is -0.394 e. The number of aliphatic hydroxyl groups excluding tert-OH is 2. The number of hydrogen-bond acceptors (Lipinski definition) is 5. The van der Waals surface area contributed by atoms with Gasteiger partial charge in [-0.05, 0) is 0 Å². The Morgan fingerprint density at radius 1 is 1.33 bits per heavy atom. The molecule has 0 aromatic carbocycles. The standard InChI is InChI=1S/C5H12O5P2/c6-1-2-3(7)4(9-11)5(8-2)10-12/h2-7H,1,11-12H2/t2-,3+,4-,5-/m1/s1. The van der Waals surface area contributed by atoms with Gasteiger partial charge in [0.05, 0.1) is 6.61 Å². The van der Waals surface area contributed by atoms with Crippen molar-refractivity contribution in [1.82, 2.24) is 0 Å². The molecule has 12 heavy (non-hydrogen) atoms. The Labute approximate surface area is 75.0 Å². The number of aliphatic hydroxyl groups is 2. The van der Waals surface area contributed by atoms with E-state index in [9.17, 15) is 5.11 Å². The summed E-state index contributed by atoms with van der Waals surface area (Å²) in [5, 5.41) is 18.2. The van der Waals surface area contributed by atoms with Crippen molar-refractivity contribution in [1.29, 1.82) is 0 Å². The molecule has 1 saturated heterocycles. The molecular formula is C5H12O5P2. The first-order chi connectivity index (χ1) is 5.74. The summed E-state index contributed by atoms with van der Waals surface area (Å²) < 4.78 is 14.7. The third-order valence-electron chi connectivity index (χ3n) is 1.77. The molecule has 0 saturated carbocycles. The van der Waals surface area contributed by atoms with Crippen LogP contribution in [0.4, 0.5) is 0 Å². The Bertz CT molecular complexity index is 144. The first-order valence-corrected chi connectivity index (χ1v) is 4.34. The van der Waals surface area contributed by atoms with Gasteiger partial charge in [-0.15, -0.1) is 0 Å². The van der Waals surface area contributed by atoms with E-state index in [4.69, 9.17) is 18.9 Å². The summed E-state index contributed by atoms with van der Waals surface area (Å²) in [6.07, 6.45) is -2.73. The Balaban J connectivity index is 2.58. The van der Waals surface area contributed by atoms with Gasteiger partial charge >= 0.3 is 0 Å². The molecule has 0 aliphatic carbocycles. The molecule has 5 nitrogen and oxygen atoms in total. The Kier molecular flexibility index (Phi) is 4.27. The van der Waals surface area contributed by atoms with Crippen molar-refractivity contribution < 1.29 is 24.0 Å². The highest BCUT2D eigenvalue weighted by molar-refractivity contribution is 7.10. The van der Waals surface area contributed by atoms with Gasteiger partial charge in [0.25, 0.3) is 0 Å². The lowest BCUT2D eigenvalue weighted by molar-refractivity contribution is -0.102. The van der Waals surface area contributed by atoms with E-state index >= 15 is 0 Å². The van der Waals surface area contributed by atoms with Crippen molar-refractivity contribution in [2.45, 2.75) is 24.6 Å². The van der Waals surface area contributed by atoms with Crippen molar-refractivity contribution >= 4 is 18.9 Å². The van der Waals surface area contributed by atoms with E-state index in [1.54, 1.807) is 0 Å². The summed E-state index contributed by atoms with van der Waals surface area (Å²) in [5.74, 6) is 0. The minimum absolute atomic E-state index is 0.254. The fraction of sp³-hybridized carbons (Fsp3) is 1.00. The van der Waals surface area contributed by atoms with Crippen LogP contribution in [0.1, 0.15) is 0 Å². The second-order valence-electron chi connectivity index (χ2n) is 2.45. The largest absolute Gasteiger partial charge is 0.394 e. The van der Waals surface area contributed by atoms with Crippen LogP contribution in [-0.4, -0.2) is 41.4 Å². The van der Waals surface area contributed by atoms with Crippen LogP contribution in [0.25, 0.3) is 0 Å². The summed E-state index contributed by atoms with van der Waals surface area (Å²) in [6.45, 7) is -0.254. The molecule has 6 atom stereocenters. The van der Waals surface area contributed by atoms with Crippen molar-refractivity contribution in [2.75, 3.05) is 6.61 Å². The zero-order chi connectivity index (χ0) is 9.14. The second-order valence-corrected chi connectivity index (χ2v) is 3.00. The molecule has 1 aliphatic rings. The average Bonchev–Trinajstić information content (AvgIpc) is 2.41. The van der Waals surface area contributed by atoms with Gasteiger partial charge in [-0.1, -0.05) is 0 Å². The summed E-state index contributed by atoms with van der Waals surface area (Å²) in [6, 6.07) is 0. The lowest BCUT2D eigenvalue weighted by Gasteiger charge is -2.15. The first kappa shape index (κ1) is 10.7. The molecule has 0 bridgehead atoms. The van der Waals surface area contributed by atoms with Gasteiger partial charge in [-0.25, -0.2) is 0 Å². The molecule has 72 valence electrons. The number of hydrogen-bond donors (Lipinski definition) is 2. The summed E-state index contributed by atoms with van der Waals surface area (Å²) in [5.41, 5.74) is 0. The SMILES string of the molecule is OC[C@H]1O[C@H](OP)[C@H](OP)[C@H]1O. The quantitative estimate of drug-likeness (QED) is 0.592. The number of rotatable bonds is 3. The third-order valence-corrected chi connectivity index (χ3v) is 2.35. The maximum Gasteiger partial charge on any atom is 0.190 e. The predicted octanol–water partition coefficient (Wildman–Crippen LogP) is -0.954. The van der Waals surface area contributed by atoms with Gasteiger partial charge in [0, 0.05) is 18.9 Å². The first-order valence-electron chi connectivity index (χ1n) is 3.40. The smallest absolute Gasteiger partial charge is 0.190 e. The van der Waals surface area contributed by atoms with E-state index in [1.165, 1.54) is 0 Å². The fourth-order valence-electron chi connectivity index (χ4n) is 1.11. The predicted molar refractivity (Wildman–Crippen MR) is 47.1 cm³/mol. The molecule has 2 N–H and O–H groups in total. The van der Waals surface area contributed by atoms with Crippen molar-refractivity contribution in [3.8, 4) is 0 Å². The van der Waals surface area contributed by atoms with Crippen LogP contribution in [0.2, 0.25) is 0 Å². The Morgan fingerprint density at radius 3 is 2.33 bits per heavy atom. The van der Waals surface area contributed by atoms with Crippen LogP contribution < -0.4 is 0 Å². The van der Waals surface area contributed by atoms with E-state index in [0.29, 0.717) is 0 Å². The molecule has 1 rings (SSSR count). The number of ether oxygens (including phenoxy) is 1. The van der Waals surface area contributed by atoms with E-state index in [0.717, 1.165) is 0 Å². The van der Waals surface area contributed by atoms with Crippen LogP contribution in [0.15, 0.2) is 0 Å². The average molecular weight is 214 g/mol. The Hall–Kier alpha value is 0.660. The molecule has 1 heterocycles. The summed E-state index contributed by atoms with van der Waals surface area (Å²) in [4.78, 5) is 0. The topological polar surface area (TPSA) is 68.2 Å². The van der Waals surface area contributed by atoms with Crippen molar-refractivity contribution in [2.24, 2.45) is 0 Å². The van der Waals surface area contributed by atoms with Crippen molar-refractivity contribution in [3.05, 3.63) is 0 Å². The minimum atomic E-state index is -0.863. The molecule has 7 heteroatoms. The highest BCUT2D eigenvalue weighted by Crippen LogP contribution is 2.27. The van der Waals surface area contributed by atoms with Crippen LogP contribution in [0.5, 0.6) is 0 Å². The van der Waals surface area contributed by atoms with E-state index < -0.39 is 24.6 Å². The maximum absolute atomic E-state index is 9.44. The van der Waals surface area contributed by atoms with Crippen LogP contribution >= 0.6 is 18.9 Å². The van der Waals surface area contributed by atoms with Gasteiger partial charge < -0.3 is 24.0 Å². The molecule has 0 radical (unpaired) electrons. The highest BCUT2D eigenvalue weighted by atomic mass is 31.0. The second kappa shape index (κ2) is 4.77. The lowest BCUT2D eigenvalue weighted by atomic mass is 10.1. The highest BCUT2D eigenvalue weighted by Gasteiger charge is 2.44. The normalized spacial score (nSPS) is 42.0. The summed E-state index contributed by atoms with van der Waals surface area (Å²) in [7, 11) is 4.05. The van der Waals surface area contributed by atoms with Gasteiger partial charge in [-0.3, -0.25) is 0 Å². The van der Waals surface area contributed by atoms with E-state index in [-0.39, 0.29) is 6.61 Å². The van der Waals surface area contributed by atoms with E-state index in [1.807, 2.05) is 18.9 Å². The maximum atomic E-state index is 9.44. The van der Waals surface area contributed by atoms with Crippen LogP contribution in [-0.2, 0) is 13.8 Å². The van der Waals surface area contributed by atoms with Gasteiger partial charge in [0.1, 0.15) is 18.3 Å². The lowest BCUT2D eigenvalue weighted by Crippen LogP contribution is -2.34. The molecular weight excluding hydrogens is 202 g/mol. The summed E-state index contributed by atoms with van der Waals surface area (Å²) >= 11 is 0. The Morgan fingerprint density at radius 2 is 2.00 bits per heavy atom. The molecule has 1 fully saturated rings. The molecule has 0 spiro atoms. The third kappa shape index (κ3) is 1.94. The molecule has 2 unspecified atom stereocenters. The molecule has 1 aliphatic heterocycles. The van der Waals surface area contributed by atoms with Crippen LogP contribution in [0.3, 0.4) is 0 Å². The van der Waals surface area contributed by atoms with Gasteiger partial charge in [0.2, 0.25) is 0 Å². The van der Waals surface area contributed by atoms with Gasteiger partial charge in [0.15, 0.2) is 6.29 Å². The van der Waals surface area contributed by atoms with Gasteiger partial charge in [-0.2, -0.15) is 0 Å². The zero-order valence-electron chi connectivity index (χ0n) is 6.29.